The summed E-state index contributed by atoms with van der Waals surface area (Å²) in [6, 6.07) is 22.8. The maximum Gasteiger partial charge on any atom is 0.422 e. The molecule has 0 saturated heterocycles. The number of hydrogen-bond donors (Lipinski definition) is 3. The molecule has 9 nitrogen and oxygen atoms in total. The number of rotatable bonds is 11. The Balaban J connectivity index is 1.78. The van der Waals surface area contributed by atoms with Gasteiger partial charge in [-0.25, -0.2) is 14.6 Å². The topological polar surface area (TPSA) is 113 Å². The Morgan fingerprint density at radius 1 is 0.833 bits per heavy atom. The standard InChI is InChI=1S/C33H44N4O5/c1-32(2,3)41-30(39)35-28(20-17-24-12-8-7-9-13-24)29(38)23-37(36-31(40)42-33(4,5)6)22-25-15-18-26(19-16-25)27-14-10-11-21-34-27/h7-16,18-19,21,28-29,38H,17,20,22-23H2,1-6H3,(H,35,39)(H,36,40)/t28-,29-/m0/s1. The van der Waals surface area contributed by atoms with Crippen molar-refractivity contribution in [1.29, 1.82) is 0 Å². The largest absolute Gasteiger partial charge is 0.444 e. The number of nitrogens with zero attached hydrogens (tertiary/aromatic N) is 2. The van der Waals surface area contributed by atoms with Crippen molar-refractivity contribution in [2.24, 2.45) is 0 Å². The van der Waals surface area contributed by atoms with Crippen molar-refractivity contribution in [3.63, 3.8) is 0 Å². The molecule has 226 valence electrons. The van der Waals surface area contributed by atoms with Gasteiger partial charge in [-0.15, -0.1) is 0 Å². The molecule has 42 heavy (non-hydrogen) atoms. The van der Waals surface area contributed by atoms with Crippen LogP contribution in [-0.2, 0) is 22.4 Å². The molecule has 1 aromatic heterocycles. The highest BCUT2D eigenvalue weighted by Crippen LogP contribution is 2.18. The third-order valence-corrected chi connectivity index (χ3v) is 6.10. The summed E-state index contributed by atoms with van der Waals surface area (Å²) < 4.78 is 10.9. The number of aromatic nitrogens is 1. The van der Waals surface area contributed by atoms with Crippen LogP contribution in [0.3, 0.4) is 0 Å². The highest BCUT2D eigenvalue weighted by atomic mass is 16.6. The molecule has 0 bridgehead atoms. The number of carbonyl (C=O) groups excluding carboxylic acids is 2. The van der Waals surface area contributed by atoms with Crippen LogP contribution in [0.5, 0.6) is 0 Å². The highest BCUT2D eigenvalue weighted by Gasteiger charge is 2.28. The van der Waals surface area contributed by atoms with Gasteiger partial charge in [-0.1, -0.05) is 60.7 Å². The van der Waals surface area contributed by atoms with Gasteiger partial charge in [-0.2, -0.15) is 0 Å². The number of aliphatic hydroxyl groups is 1. The molecule has 3 rings (SSSR count). The molecule has 3 N–H and O–H groups in total. The van der Waals surface area contributed by atoms with E-state index in [1.54, 1.807) is 52.7 Å². The molecule has 3 aromatic rings. The highest BCUT2D eigenvalue weighted by molar-refractivity contribution is 5.68. The Labute approximate surface area is 249 Å². The lowest BCUT2D eigenvalue weighted by Gasteiger charge is -2.31. The predicted octanol–water partition coefficient (Wildman–Crippen LogP) is 5.88. The van der Waals surface area contributed by atoms with E-state index in [2.05, 4.69) is 15.7 Å². The van der Waals surface area contributed by atoms with E-state index in [4.69, 9.17) is 9.47 Å². The van der Waals surface area contributed by atoms with Crippen molar-refractivity contribution in [2.75, 3.05) is 6.54 Å². The van der Waals surface area contributed by atoms with E-state index in [1.807, 2.05) is 72.8 Å². The fraction of sp³-hybridized carbons (Fsp3) is 0.424. The second-order valence-electron chi connectivity index (χ2n) is 12.3. The molecule has 0 fully saturated rings. The molecule has 0 aliphatic heterocycles. The number of ether oxygens (including phenoxy) is 2. The van der Waals surface area contributed by atoms with Crippen LogP contribution in [0.25, 0.3) is 11.3 Å². The van der Waals surface area contributed by atoms with Gasteiger partial charge in [0.05, 0.1) is 17.8 Å². The summed E-state index contributed by atoms with van der Waals surface area (Å²) >= 11 is 0. The summed E-state index contributed by atoms with van der Waals surface area (Å²) in [5, 5.41) is 15.8. The van der Waals surface area contributed by atoms with Gasteiger partial charge in [0.1, 0.15) is 11.2 Å². The van der Waals surface area contributed by atoms with Gasteiger partial charge in [-0.05, 0) is 77.6 Å². The molecular formula is C33H44N4O5. The maximum absolute atomic E-state index is 12.7. The minimum Gasteiger partial charge on any atom is -0.444 e. The summed E-state index contributed by atoms with van der Waals surface area (Å²) in [5.74, 6) is 0. The molecule has 2 amide bonds. The second kappa shape index (κ2) is 14.8. The zero-order chi connectivity index (χ0) is 30.8. The van der Waals surface area contributed by atoms with Crippen molar-refractivity contribution < 1.29 is 24.2 Å². The Hall–Kier alpha value is -3.95. The third-order valence-electron chi connectivity index (χ3n) is 6.10. The minimum absolute atomic E-state index is 0.0243. The molecule has 2 aromatic carbocycles. The van der Waals surface area contributed by atoms with E-state index < -0.39 is 35.5 Å². The molecule has 0 unspecified atom stereocenters. The average molecular weight is 577 g/mol. The Morgan fingerprint density at radius 3 is 2.05 bits per heavy atom. The molecular weight excluding hydrogens is 532 g/mol. The first-order chi connectivity index (χ1) is 19.8. The van der Waals surface area contributed by atoms with Gasteiger partial charge in [0.2, 0.25) is 0 Å². The van der Waals surface area contributed by atoms with Gasteiger partial charge in [0, 0.05) is 24.8 Å². The van der Waals surface area contributed by atoms with E-state index in [-0.39, 0.29) is 13.1 Å². The van der Waals surface area contributed by atoms with Gasteiger partial charge in [-0.3, -0.25) is 10.4 Å². The van der Waals surface area contributed by atoms with Crippen LogP contribution in [0.4, 0.5) is 9.59 Å². The Morgan fingerprint density at radius 2 is 1.45 bits per heavy atom. The summed E-state index contributed by atoms with van der Waals surface area (Å²) in [4.78, 5) is 29.8. The molecule has 1 heterocycles. The fourth-order valence-electron chi connectivity index (χ4n) is 4.25. The summed E-state index contributed by atoms with van der Waals surface area (Å²) in [5.41, 5.74) is 5.19. The average Bonchev–Trinajstić information content (AvgIpc) is 2.90. The van der Waals surface area contributed by atoms with Crippen molar-refractivity contribution in [1.82, 2.24) is 20.7 Å². The molecule has 0 saturated carbocycles. The van der Waals surface area contributed by atoms with Crippen molar-refractivity contribution in [2.45, 2.75) is 84.3 Å². The number of aryl methyl sites for hydroxylation is 1. The van der Waals surface area contributed by atoms with Crippen LogP contribution in [-0.4, -0.2) is 57.2 Å². The number of nitrogens with one attached hydrogen (secondary N) is 2. The van der Waals surface area contributed by atoms with E-state index in [0.29, 0.717) is 12.8 Å². The smallest absolute Gasteiger partial charge is 0.422 e. The maximum atomic E-state index is 12.7. The van der Waals surface area contributed by atoms with Crippen LogP contribution in [0.1, 0.15) is 59.1 Å². The van der Waals surface area contributed by atoms with Crippen LogP contribution in [0, 0.1) is 0 Å². The first-order valence-electron chi connectivity index (χ1n) is 14.2. The van der Waals surface area contributed by atoms with E-state index >= 15 is 0 Å². The quantitative estimate of drug-likeness (QED) is 0.245. The normalized spacial score (nSPS) is 13.2. The molecule has 0 aliphatic rings. The van der Waals surface area contributed by atoms with Crippen LogP contribution >= 0.6 is 0 Å². The van der Waals surface area contributed by atoms with Crippen molar-refractivity contribution in [3.05, 3.63) is 90.1 Å². The number of hydrogen-bond acceptors (Lipinski definition) is 7. The van der Waals surface area contributed by atoms with Gasteiger partial charge < -0.3 is 19.9 Å². The number of pyridine rings is 1. The summed E-state index contributed by atoms with van der Waals surface area (Å²) in [6.45, 7) is 11.0. The van der Waals surface area contributed by atoms with Crippen LogP contribution < -0.4 is 10.7 Å². The van der Waals surface area contributed by atoms with Gasteiger partial charge in [0.15, 0.2) is 0 Å². The van der Waals surface area contributed by atoms with E-state index in [1.165, 1.54) is 0 Å². The molecule has 0 spiro atoms. The fourth-order valence-corrected chi connectivity index (χ4v) is 4.25. The van der Waals surface area contributed by atoms with Gasteiger partial charge >= 0.3 is 12.2 Å². The number of alkyl carbamates (subject to hydrolysis) is 1. The van der Waals surface area contributed by atoms with Crippen LogP contribution in [0.2, 0.25) is 0 Å². The summed E-state index contributed by atoms with van der Waals surface area (Å²) in [7, 11) is 0. The number of benzene rings is 2. The SMILES string of the molecule is CC(C)(C)OC(=O)N[C@@H](CCc1ccccc1)[C@@H](O)CN(Cc1ccc(-c2ccccn2)cc1)NC(=O)OC(C)(C)C. The Bertz CT molecular complexity index is 1260. The number of hydrazine groups is 1. The van der Waals surface area contributed by atoms with Crippen LogP contribution in [0.15, 0.2) is 79.0 Å². The zero-order valence-electron chi connectivity index (χ0n) is 25.5. The van der Waals surface area contributed by atoms with Gasteiger partial charge in [0.25, 0.3) is 0 Å². The van der Waals surface area contributed by atoms with E-state index in [0.717, 1.165) is 22.4 Å². The monoisotopic (exact) mass is 576 g/mol. The molecule has 0 aliphatic carbocycles. The third kappa shape index (κ3) is 11.9. The van der Waals surface area contributed by atoms with Crippen molar-refractivity contribution >= 4 is 12.2 Å². The minimum atomic E-state index is -1.04. The first-order valence-corrected chi connectivity index (χ1v) is 14.2. The van der Waals surface area contributed by atoms with Crippen molar-refractivity contribution in [3.8, 4) is 11.3 Å². The lowest BCUT2D eigenvalue weighted by Crippen LogP contribution is -2.53. The first kappa shape index (κ1) is 32.6. The molecule has 9 heteroatoms. The number of amides is 2. The number of carbonyl (C=O) groups is 2. The predicted molar refractivity (Wildman–Crippen MR) is 163 cm³/mol. The Kier molecular flexibility index (Phi) is 11.5. The molecule has 0 radical (unpaired) electrons. The molecule has 2 atom stereocenters. The lowest BCUT2D eigenvalue weighted by molar-refractivity contribution is 0.00980. The summed E-state index contributed by atoms with van der Waals surface area (Å²) in [6.07, 6.45) is 0.550. The lowest BCUT2D eigenvalue weighted by atomic mass is 10.0. The zero-order valence-corrected chi connectivity index (χ0v) is 25.5. The second-order valence-corrected chi connectivity index (χ2v) is 12.3. The van der Waals surface area contributed by atoms with E-state index in [9.17, 15) is 14.7 Å². The number of aliphatic hydroxyl groups excluding tert-OH is 1.